The molecule has 0 heterocycles. The van der Waals surface area contributed by atoms with Gasteiger partial charge in [-0.2, -0.15) is 0 Å². The summed E-state index contributed by atoms with van der Waals surface area (Å²) in [5.74, 6) is 1.54. The van der Waals surface area contributed by atoms with Crippen LogP contribution in [-0.4, -0.2) is 18.8 Å². The number of phenols is 1. The lowest BCUT2D eigenvalue weighted by atomic mass is 10.1. The molecule has 2 aromatic carbocycles. The summed E-state index contributed by atoms with van der Waals surface area (Å²) in [5.41, 5.74) is 2.91. The third kappa shape index (κ3) is 3.60. The third-order valence-corrected chi connectivity index (χ3v) is 3.29. The average Bonchev–Trinajstić information content (AvgIpc) is 2.49. The van der Waals surface area contributed by atoms with Crippen molar-refractivity contribution >= 4 is 5.69 Å². The van der Waals surface area contributed by atoms with Crippen molar-refractivity contribution in [2.24, 2.45) is 0 Å². The number of methoxy groups -OCH3 is 1. The highest BCUT2D eigenvalue weighted by molar-refractivity contribution is 5.55. The summed E-state index contributed by atoms with van der Waals surface area (Å²) in [5, 5.41) is 13.5. The van der Waals surface area contributed by atoms with Crippen LogP contribution in [0, 0.1) is 6.92 Å². The molecule has 0 radical (unpaired) electrons. The maximum absolute atomic E-state index is 10.2. The summed E-state index contributed by atoms with van der Waals surface area (Å²) >= 11 is 0. The molecule has 0 fully saturated rings. The van der Waals surface area contributed by atoms with Gasteiger partial charge in [0, 0.05) is 17.8 Å². The van der Waals surface area contributed by atoms with Crippen LogP contribution in [0.15, 0.2) is 36.4 Å². The fourth-order valence-electron chi connectivity index (χ4n) is 2.13. The van der Waals surface area contributed by atoms with Crippen molar-refractivity contribution in [1.82, 2.24) is 0 Å². The largest absolute Gasteiger partial charge is 0.504 e. The van der Waals surface area contributed by atoms with Gasteiger partial charge in [-0.1, -0.05) is 12.1 Å². The Labute approximate surface area is 125 Å². The van der Waals surface area contributed by atoms with E-state index in [1.165, 1.54) is 0 Å². The molecule has 21 heavy (non-hydrogen) atoms. The molecule has 2 aromatic rings. The number of hydrogen-bond acceptors (Lipinski definition) is 4. The molecule has 0 saturated heterocycles. The Kier molecular flexibility index (Phi) is 4.93. The van der Waals surface area contributed by atoms with Gasteiger partial charge in [0.25, 0.3) is 0 Å². The number of benzene rings is 2. The number of anilines is 1. The third-order valence-electron chi connectivity index (χ3n) is 3.29. The van der Waals surface area contributed by atoms with Gasteiger partial charge in [-0.05, 0) is 43.7 Å². The molecule has 0 aromatic heterocycles. The van der Waals surface area contributed by atoms with Crippen LogP contribution in [-0.2, 0) is 6.54 Å². The van der Waals surface area contributed by atoms with Gasteiger partial charge in [-0.25, -0.2) is 0 Å². The van der Waals surface area contributed by atoms with Gasteiger partial charge in [0.15, 0.2) is 11.5 Å². The number of para-hydroxylation sites is 1. The van der Waals surface area contributed by atoms with Crippen LogP contribution in [0.25, 0.3) is 0 Å². The van der Waals surface area contributed by atoms with Gasteiger partial charge in [0.1, 0.15) is 5.75 Å². The standard InChI is InChI=1S/C17H21NO3/c1-4-21-16-7-5-6-13(17(16)19)11-18-15-9-8-14(20-3)10-12(15)2/h5-10,18-19H,4,11H2,1-3H3. The van der Waals surface area contributed by atoms with Crippen molar-refractivity contribution in [2.75, 3.05) is 19.0 Å². The van der Waals surface area contributed by atoms with E-state index in [1.54, 1.807) is 13.2 Å². The predicted octanol–water partition coefficient (Wildman–Crippen LogP) is 3.72. The first-order valence-corrected chi connectivity index (χ1v) is 6.98. The minimum Gasteiger partial charge on any atom is -0.504 e. The van der Waals surface area contributed by atoms with Crippen molar-refractivity contribution in [3.63, 3.8) is 0 Å². The number of aromatic hydroxyl groups is 1. The van der Waals surface area contributed by atoms with Crippen LogP contribution in [0.3, 0.4) is 0 Å². The van der Waals surface area contributed by atoms with Gasteiger partial charge in [-0.15, -0.1) is 0 Å². The lowest BCUT2D eigenvalue weighted by molar-refractivity contribution is 0.317. The molecular formula is C17H21NO3. The van der Waals surface area contributed by atoms with Gasteiger partial charge in [0.2, 0.25) is 0 Å². The molecule has 0 unspecified atom stereocenters. The van der Waals surface area contributed by atoms with Crippen LogP contribution in [0.1, 0.15) is 18.1 Å². The van der Waals surface area contributed by atoms with Crippen molar-refractivity contribution in [3.05, 3.63) is 47.5 Å². The smallest absolute Gasteiger partial charge is 0.162 e. The fourth-order valence-corrected chi connectivity index (χ4v) is 2.13. The first-order chi connectivity index (χ1) is 10.2. The van der Waals surface area contributed by atoms with Gasteiger partial charge in [-0.3, -0.25) is 0 Å². The van der Waals surface area contributed by atoms with Gasteiger partial charge in [0.05, 0.1) is 13.7 Å². The van der Waals surface area contributed by atoms with E-state index in [1.807, 2.05) is 44.2 Å². The topological polar surface area (TPSA) is 50.7 Å². The van der Waals surface area contributed by atoms with Crippen molar-refractivity contribution < 1.29 is 14.6 Å². The first kappa shape index (κ1) is 15.0. The Morgan fingerprint density at radius 2 is 2.00 bits per heavy atom. The van der Waals surface area contributed by atoms with E-state index in [4.69, 9.17) is 9.47 Å². The monoisotopic (exact) mass is 287 g/mol. The molecule has 0 bridgehead atoms. The second-order valence-electron chi connectivity index (χ2n) is 4.73. The maximum Gasteiger partial charge on any atom is 0.162 e. The number of ether oxygens (including phenoxy) is 2. The Morgan fingerprint density at radius 1 is 1.19 bits per heavy atom. The molecule has 0 amide bonds. The molecule has 4 heteroatoms. The Hall–Kier alpha value is -2.36. The molecule has 0 spiro atoms. The molecule has 2 rings (SSSR count). The Balaban J connectivity index is 2.11. The van der Waals surface area contributed by atoms with Crippen LogP contribution in [0.2, 0.25) is 0 Å². The molecular weight excluding hydrogens is 266 g/mol. The summed E-state index contributed by atoms with van der Waals surface area (Å²) in [6.07, 6.45) is 0. The molecule has 0 aliphatic rings. The van der Waals surface area contributed by atoms with Crippen molar-refractivity contribution in [1.29, 1.82) is 0 Å². The maximum atomic E-state index is 10.2. The van der Waals surface area contributed by atoms with E-state index in [0.29, 0.717) is 18.9 Å². The molecule has 0 aliphatic heterocycles. The van der Waals surface area contributed by atoms with Crippen LogP contribution < -0.4 is 14.8 Å². The predicted molar refractivity (Wildman–Crippen MR) is 84.3 cm³/mol. The zero-order valence-corrected chi connectivity index (χ0v) is 12.6. The highest BCUT2D eigenvalue weighted by atomic mass is 16.5. The van der Waals surface area contributed by atoms with E-state index < -0.39 is 0 Å². The van der Waals surface area contributed by atoms with Crippen LogP contribution in [0.5, 0.6) is 17.2 Å². The molecule has 0 atom stereocenters. The molecule has 0 aliphatic carbocycles. The zero-order valence-electron chi connectivity index (χ0n) is 12.6. The lowest BCUT2D eigenvalue weighted by Crippen LogP contribution is -2.02. The van der Waals surface area contributed by atoms with Gasteiger partial charge >= 0.3 is 0 Å². The summed E-state index contributed by atoms with van der Waals surface area (Å²) < 4.78 is 10.6. The van der Waals surface area contributed by atoms with E-state index in [0.717, 1.165) is 22.6 Å². The summed E-state index contributed by atoms with van der Waals surface area (Å²) in [6.45, 7) is 4.97. The second-order valence-corrected chi connectivity index (χ2v) is 4.73. The number of aryl methyl sites for hydroxylation is 1. The highest BCUT2D eigenvalue weighted by Crippen LogP contribution is 2.30. The molecule has 4 nitrogen and oxygen atoms in total. The Bertz CT molecular complexity index is 611. The quantitative estimate of drug-likeness (QED) is 0.850. The molecule has 2 N–H and O–H groups in total. The number of phenolic OH excluding ortho intramolecular Hbond substituents is 1. The number of hydrogen-bond donors (Lipinski definition) is 2. The summed E-state index contributed by atoms with van der Waals surface area (Å²) in [4.78, 5) is 0. The van der Waals surface area contributed by atoms with Crippen LogP contribution >= 0.6 is 0 Å². The van der Waals surface area contributed by atoms with E-state index in [2.05, 4.69) is 5.32 Å². The second kappa shape index (κ2) is 6.88. The van der Waals surface area contributed by atoms with Crippen molar-refractivity contribution in [3.8, 4) is 17.2 Å². The molecule has 0 saturated carbocycles. The first-order valence-electron chi connectivity index (χ1n) is 6.98. The number of rotatable bonds is 6. The van der Waals surface area contributed by atoms with E-state index >= 15 is 0 Å². The minimum absolute atomic E-state index is 0.193. The average molecular weight is 287 g/mol. The highest BCUT2D eigenvalue weighted by Gasteiger charge is 2.08. The zero-order chi connectivity index (χ0) is 15.2. The Morgan fingerprint density at radius 3 is 2.67 bits per heavy atom. The van der Waals surface area contributed by atoms with Gasteiger partial charge < -0.3 is 19.9 Å². The van der Waals surface area contributed by atoms with Crippen LogP contribution in [0.4, 0.5) is 5.69 Å². The van der Waals surface area contributed by atoms with E-state index in [9.17, 15) is 5.11 Å². The minimum atomic E-state index is 0.193. The number of nitrogens with one attached hydrogen (secondary N) is 1. The SMILES string of the molecule is CCOc1cccc(CNc2ccc(OC)cc2C)c1O. The normalized spacial score (nSPS) is 10.2. The summed E-state index contributed by atoms with van der Waals surface area (Å²) in [6, 6.07) is 11.4. The van der Waals surface area contributed by atoms with Crippen molar-refractivity contribution in [2.45, 2.75) is 20.4 Å². The molecule has 112 valence electrons. The summed E-state index contributed by atoms with van der Waals surface area (Å²) in [7, 11) is 1.65. The lowest BCUT2D eigenvalue weighted by Gasteiger charge is -2.13. The fraction of sp³-hybridized carbons (Fsp3) is 0.294. The van der Waals surface area contributed by atoms with E-state index in [-0.39, 0.29) is 5.75 Å².